The Morgan fingerprint density at radius 1 is 1.22 bits per heavy atom. The summed E-state index contributed by atoms with van der Waals surface area (Å²) in [5, 5.41) is 8.15. The predicted octanol–water partition coefficient (Wildman–Crippen LogP) is 2.55. The molecule has 0 aliphatic carbocycles. The highest BCUT2D eigenvalue weighted by atomic mass is 19.4. The van der Waals surface area contributed by atoms with Crippen molar-refractivity contribution in [2.75, 3.05) is 19.7 Å². The summed E-state index contributed by atoms with van der Waals surface area (Å²) in [4.78, 5) is 34.0. The van der Waals surface area contributed by atoms with Gasteiger partial charge in [0.25, 0.3) is 0 Å². The maximum Gasteiger partial charge on any atom is 0.433 e. The van der Waals surface area contributed by atoms with E-state index in [2.05, 4.69) is 20.4 Å². The number of nitrogens with zero attached hydrogens (tertiary/aromatic N) is 5. The average Bonchev–Trinajstić information content (AvgIpc) is 3.38. The van der Waals surface area contributed by atoms with E-state index in [4.69, 9.17) is 4.74 Å². The fourth-order valence-corrected chi connectivity index (χ4v) is 3.36. The number of halogens is 3. The van der Waals surface area contributed by atoms with Gasteiger partial charge >= 0.3 is 18.3 Å². The van der Waals surface area contributed by atoms with Crippen molar-refractivity contribution in [2.45, 2.75) is 25.7 Å². The van der Waals surface area contributed by atoms with Crippen LogP contribution in [0.25, 0.3) is 0 Å². The number of aryl methyl sites for hydroxylation is 1. The first-order valence-electron chi connectivity index (χ1n) is 9.75. The van der Waals surface area contributed by atoms with Crippen molar-refractivity contribution >= 4 is 17.8 Å². The van der Waals surface area contributed by atoms with E-state index in [1.807, 2.05) is 13.0 Å². The molecule has 0 saturated carbocycles. The quantitative estimate of drug-likeness (QED) is 0.775. The number of hydrogen-bond acceptors (Lipinski definition) is 6. The summed E-state index contributed by atoms with van der Waals surface area (Å²) in [6.45, 7) is 2.55. The molecule has 0 radical (unpaired) electrons. The molecule has 2 aromatic rings. The van der Waals surface area contributed by atoms with Crippen molar-refractivity contribution in [1.29, 1.82) is 0 Å². The molecule has 1 N–H and O–H groups in total. The zero-order valence-electron chi connectivity index (χ0n) is 17.0. The van der Waals surface area contributed by atoms with E-state index in [0.29, 0.717) is 23.5 Å². The molecule has 2 aliphatic heterocycles. The van der Waals surface area contributed by atoms with E-state index in [1.54, 1.807) is 12.3 Å². The molecule has 1 saturated heterocycles. The summed E-state index contributed by atoms with van der Waals surface area (Å²) in [5.41, 5.74) is 1.32. The maximum atomic E-state index is 12.7. The van der Waals surface area contributed by atoms with Crippen LogP contribution in [0.4, 0.5) is 22.8 Å². The van der Waals surface area contributed by atoms with Crippen molar-refractivity contribution in [3.8, 4) is 0 Å². The molecule has 2 aliphatic rings. The minimum Gasteiger partial charge on any atom is -0.448 e. The number of ether oxygens (including phenoxy) is 1. The Hall–Kier alpha value is -3.70. The number of pyridine rings is 2. The molecule has 1 atom stereocenters. The summed E-state index contributed by atoms with van der Waals surface area (Å²) in [6.07, 6.45) is -2.30. The molecule has 2 aromatic heterocycles. The third kappa shape index (κ3) is 4.48. The normalized spacial score (nSPS) is 18.6. The van der Waals surface area contributed by atoms with Crippen molar-refractivity contribution in [3.05, 3.63) is 59.2 Å². The molecule has 1 unspecified atom stereocenters. The first-order valence-corrected chi connectivity index (χ1v) is 9.75. The van der Waals surface area contributed by atoms with Gasteiger partial charge in [0.15, 0.2) is 0 Å². The topological polar surface area (TPSA) is 100 Å². The van der Waals surface area contributed by atoms with Crippen molar-refractivity contribution in [3.63, 3.8) is 0 Å². The van der Waals surface area contributed by atoms with Gasteiger partial charge in [-0.2, -0.15) is 18.3 Å². The maximum absolute atomic E-state index is 12.7. The van der Waals surface area contributed by atoms with E-state index in [-0.39, 0.29) is 19.7 Å². The zero-order chi connectivity index (χ0) is 22.9. The molecule has 9 nitrogen and oxygen atoms in total. The van der Waals surface area contributed by atoms with Crippen LogP contribution in [-0.2, 0) is 17.5 Å². The predicted molar refractivity (Wildman–Crippen MR) is 106 cm³/mol. The number of hydrazone groups is 1. The molecule has 1 fully saturated rings. The van der Waals surface area contributed by atoms with Gasteiger partial charge < -0.3 is 10.1 Å². The number of carbonyl (C=O) groups is 2. The molecular formula is C20H19F3N6O3. The van der Waals surface area contributed by atoms with Gasteiger partial charge in [-0.05, 0) is 30.2 Å². The number of aromatic nitrogens is 2. The lowest BCUT2D eigenvalue weighted by Crippen LogP contribution is -2.45. The monoisotopic (exact) mass is 448 g/mol. The summed E-state index contributed by atoms with van der Waals surface area (Å²) < 4.78 is 42.9. The number of hydrogen-bond donors (Lipinski definition) is 1. The van der Waals surface area contributed by atoms with Gasteiger partial charge in [0.05, 0.1) is 18.8 Å². The fraction of sp³-hybridized carbons (Fsp3) is 0.350. The summed E-state index contributed by atoms with van der Waals surface area (Å²) >= 11 is 0. The standard InChI is InChI=1S/C20H19F3N6O3/c1-12-2-4-14(24-8-12)17-15(28-6-7-32-19(28)31)11-29(27-17)18(30)26-10-13-3-5-16(25-9-13)20(21,22)23/h2-5,8-9,15H,6-7,10-11H2,1H3,(H,26,30). The van der Waals surface area contributed by atoms with Crippen LogP contribution in [0.15, 0.2) is 41.8 Å². The van der Waals surface area contributed by atoms with Crippen LogP contribution in [-0.4, -0.2) is 63.5 Å². The van der Waals surface area contributed by atoms with Crippen LogP contribution in [0.3, 0.4) is 0 Å². The second-order valence-electron chi connectivity index (χ2n) is 7.32. The van der Waals surface area contributed by atoms with Crippen LogP contribution in [0.2, 0.25) is 0 Å². The number of rotatable bonds is 4. The molecule has 32 heavy (non-hydrogen) atoms. The SMILES string of the molecule is Cc1ccc(C2=NN(C(=O)NCc3ccc(C(F)(F)F)nc3)CC2N2CCOC2=O)nc1. The van der Waals surface area contributed by atoms with Crippen LogP contribution in [0, 0.1) is 6.92 Å². The van der Waals surface area contributed by atoms with Gasteiger partial charge in [0.2, 0.25) is 0 Å². The molecule has 3 amide bonds. The van der Waals surface area contributed by atoms with Gasteiger partial charge in [-0.15, -0.1) is 0 Å². The minimum atomic E-state index is -4.53. The summed E-state index contributed by atoms with van der Waals surface area (Å²) in [5.74, 6) is 0. The largest absolute Gasteiger partial charge is 0.448 e. The Kier molecular flexibility index (Phi) is 5.68. The lowest BCUT2D eigenvalue weighted by Gasteiger charge is -2.22. The molecule has 168 valence electrons. The molecule has 0 bridgehead atoms. The Balaban J connectivity index is 1.48. The van der Waals surface area contributed by atoms with Gasteiger partial charge in [-0.25, -0.2) is 14.6 Å². The van der Waals surface area contributed by atoms with Crippen molar-refractivity contribution in [1.82, 2.24) is 25.2 Å². The van der Waals surface area contributed by atoms with E-state index >= 15 is 0 Å². The molecule has 0 spiro atoms. The number of nitrogens with one attached hydrogen (secondary N) is 1. The Labute approximate surface area is 180 Å². The van der Waals surface area contributed by atoms with Crippen LogP contribution < -0.4 is 5.32 Å². The smallest absolute Gasteiger partial charge is 0.433 e. The summed E-state index contributed by atoms with van der Waals surface area (Å²) in [6, 6.07) is 4.62. The van der Waals surface area contributed by atoms with Gasteiger partial charge in [-0.1, -0.05) is 12.1 Å². The van der Waals surface area contributed by atoms with E-state index in [1.165, 1.54) is 16.0 Å². The van der Waals surface area contributed by atoms with Gasteiger partial charge in [0, 0.05) is 18.9 Å². The Morgan fingerprint density at radius 3 is 2.62 bits per heavy atom. The average molecular weight is 448 g/mol. The number of cyclic esters (lactones) is 1. The van der Waals surface area contributed by atoms with E-state index < -0.39 is 30.0 Å². The molecule has 12 heteroatoms. The third-order valence-corrected chi connectivity index (χ3v) is 5.03. The number of alkyl halides is 3. The van der Waals surface area contributed by atoms with Crippen molar-refractivity contribution in [2.24, 2.45) is 5.10 Å². The van der Waals surface area contributed by atoms with Crippen LogP contribution >= 0.6 is 0 Å². The van der Waals surface area contributed by atoms with Crippen molar-refractivity contribution < 1.29 is 27.5 Å². The van der Waals surface area contributed by atoms with Crippen LogP contribution in [0.5, 0.6) is 0 Å². The Morgan fingerprint density at radius 2 is 2.03 bits per heavy atom. The molecular weight excluding hydrogens is 429 g/mol. The van der Waals surface area contributed by atoms with Crippen LogP contribution in [0.1, 0.15) is 22.5 Å². The van der Waals surface area contributed by atoms with Gasteiger partial charge in [0.1, 0.15) is 24.1 Å². The molecule has 0 aromatic carbocycles. The Bertz CT molecular complexity index is 1040. The van der Waals surface area contributed by atoms with Gasteiger partial charge in [-0.3, -0.25) is 14.9 Å². The lowest BCUT2D eigenvalue weighted by atomic mass is 10.1. The third-order valence-electron chi connectivity index (χ3n) is 5.03. The summed E-state index contributed by atoms with van der Waals surface area (Å²) in [7, 11) is 0. The zero-order valence-corrected chi connectivity index (χ0v) is 17.0. The number of amides is 3. The number of urea groups is 1. The minimum absolute atomic E-state index is 0.0372. The highest BCUT2D eigenvalue weighted by Gasteiger charge is 2.40. The lowest BCUT2D eigenvalue weighted by molar-refractivity contribution is -0.141. The van der Waals surface area contributed by atoms with E-state index in [9.17, 15) is 22.8 Å². The highest BCUT2D eigenvalue weighted by molar-refractivity contribution is 6.06. The molecule has 4 heterocycles. The van der Waals surface area contributed by atoms with E-state index in [0.717, 1.165) is 17.8 Å². The molecule has 4 rings (SSSR count). The fourth-order valence-electron chi connectivity index (χ4n) is 3.36. The number of carbonyl (C=O) groups excluding carboxylic acids is 2. The highest BCUT2D eigenvalue weighted by Crippen LogP contribution is 2.27. The first kappa shape index (κ1) is 21.5. The second-order valence-corrected chi connectivity index (χ2v) is 7.32. The second kappa shape index (κ2) is 8.44. The first-order chi connectivity index (χ1) is 15.2.